The molecule has 1 fully saturated rings. The van der Waals surface area contributed by atoms with Gasteiger partial charge in [-0.25, -0.2) is 4.98 Å². The first kappa shape index (κ1) is 18.8. The zero-order chi connectivity index (χ0) is 19.0. The van der Waals surface area contributed by atoms with E-state index < -0.39 is 0 Å². The number of fused-ring (bicyclic) bond motifs is 2. The third kappa shape index (κ3) is 4.01. The highest BCUT2D eigenvalue weighted by molar-refractivity contribution is 8.13. The van der Waals surface area contributed by atoms with Gasteiger partial charge < -0.3 is 4.90 Å². The summed E-state index contributed by atoms with van der Waals surface area (Å²) in [5, 5.41) is 3.61. The zero-order valence-corrected chi connectivity index (χ0v) is 17.9. The van der Waals surface area contributed by atoms with Gasteiger partial charge in [0.25, 0.3) is 0 Å². The predicted molar refractivity (Wildman–Crippen MR) is 117 cm³/mol. The minimum absolute atomic E-state index is 0.586. The van der Waals surface area contributed by atoms with E-state index >= 15 is 0 Å². The van der Waals surface area contributed by atoms with Crippen LogP contribution < -0.4 is 0 Å². The Bertz CT molecular complexity index is 866. The first-order valence-corrected chi connectivity index (χ1v) is 11.2. The van der Waals surface area contributed by atoms with Gasteiger partial charge in [0.1, 0.15) is 5.03 Å². The van der Waals surface area contributed by atoms with Gasteiger partial charge in [-0.1, -0.05) is 33.1 Å². The van der Waals surface area contributed by atoms with Crippen LogP contribution in [-0.4, -0.2) is 27.6 Å². The maximum Gasteiger partial charge on any atom is 0.166 e. The third-order valence-electron chi connectivity index (χ3n) is 5.85. The molecule has 0 bridgehead atoms. The van der Waals surface area contributed by atoms with Crippen molar-refractivity contribution in [2.24, 2.45) is 10.9 Å². The number of aliphatic imine (C=N–C) groups is 1. The second-order valence-electron chi connectivity index (χ2n) is 8.62. The lowest BCUT2D eigenvalue weighted by molar-refractivity contribution is 0.238. The Morgan fingerprint density at radius 3 is 2.59 bits per heavy atom. The third-order valence-corrected chi connectivity index (χ3v) is 6.94. The molecule has 1 aromatic heterocycles. The molecule has 0 unspecified atom stereocenters. The number of hydrogen-bond donors (Lipinski definition) is 0. The monoisotopic (exact) mass is 381 g/mol. The van der Waals surface area contributed by atoms with Gasteiger partial charge in [-0.3, -0.25) is 4.99 Å². The van der Waals surface area contributed by atoms with E-state index in [1.807, 2.05) is 0 Å². The van der Waals surface area contributed by atoms with E-state index in [1.54, 1.807) is 11.8 Å². The number of aryl methyl sites for hydroxylation is 2. The molecule has 144 valence electrons. The zero-order valence-electron chi connectivity index (χ0n) is 17.1. The highest BCUT2D eigenvalue weighted by Gasteiger charge is 2.30. The summed E-state index contributed by atoms with van der Waals surface area (Å²) in [5.41, 5.74) is 5.13. The second-order valence-corrected chi connectivity index (χ2v) is 9.58. The maximum absolute atomic E-state index is 5.03. The normalized spacial score (nSPS) is 19.9. The number of thioether (sulfide) groups is 1. The van der Waals surface area contributed by atoms with Crippen LogP contribution in [0.2, 0.25) is 0 Å². The quantitative estimate of drug-likeness (QED) is 0.643. The van der Waals surface area contributed by atoms with Crippen molar-refractivity contribution in [3.05, 3.63) is 34.9 Å². The molecule has 1 aromatic carbocycles. The molecule has 2 heterocycles. The highest BCUT2D eigenvalue weighted by Crippen LogP contribution is 2.37. The lowest BCUT2D eigenvalue weighted by atomic mass is 9.94. The Hall–Kier alpha value is -1.55. The summed E-state index contributed by atoms with van der Waals surface area (Å²) in [6.45, 7) is 10.7. The topological polar surface area (TPSA) is 28.5 Å². The summed E-state index contributed by atoms with van der Waals surface area (Å²) < 4.78 is 0. The number of aromatic nitrogens is 1. The molecule has 2 aliphatic rings. The van der Waals surface area contributed by atoms with Crippen LogP contribution in [-0.2, 0) is 6.54 Å². The fourth-order valence-electron chi connectivity index (χ4n) is 4.13. The van der Waals surface area contributed by atoms with Crippen molar-refractivity contribution in [2.75, 3.05) is 6.54 Å². The van der Waals surface area contributed by atoms with Gasteiger partial charge in [0.2, 0.25) is 0 Å². The van der Waals surface area contributed by atoms with Gasteiger partial charge in [0.15, 0.2) is 5.17 Å². The lowest BCUT2D eigenvalue weighted by Crippen LogP contribution is -2.42. The van der Waals surface area contributed by atoms with Crippen LogP contribution in [0.3, 0.4) is 0 Å². The largest absolute Gasteiger partial charge is 0.344 e. The van der Waals surface area contributed by atoms with E-state index in [0.717, 1.165) is 23.6 Å². The molecule has 0 N–H and O–H groups in total. The van der Waals surface area contributed by atoms with E-state index in [-0.39, 0.29) is 0 Å². The molecule has 0 saturated heterocycles. The Morgan fingerprint density at radius 1 is 1.11 bits per heavy atom. The second kappa shape index (κ2) is 7.83. The van der Waals surface area contributed by atoms with E-state index in [1.165, 1.54) is 59.3 Å². The van der Waals surface area contributed by atoms with Crippen molar-refractivity contribution in [3.63, 3.8) is 0 Å². The molecule has 1 aliphatic heterocycles. The van der Waals surface area contributed by atoms with Crippen molar-refractivity contribution >= 4 is 27.8 Å². The molecular weight excluding hydrogens is 350 g/mol. The molecule has 0 radical (unpaired) electrons. The summed E-state index contributed by atoms with van der Waals surface area (Å²) in [5.74, 6) is 0.586. The molecule has 27 heavy (non-hydrogen) atoms. The number of rotatable bonds is 3. The van der Waals surface area contributed by atoms with Gasteiger partial charge in [-0.15, -0.1) is 0 Å². The summed E-state index contributed by atoms with van der Waals surface area (Å²) in [6, 6.07) is 7.52. The number of benzene rings is 1. The van der Waals surface area contributed by atoms with Crippen LogP contribution in [0.5, 0.6) is 0 Å². The smallest absolute Gasteiger partial charge is 0.166 e. The van der Waals surface area contributed by atoms with Crippen LogP contribution in [0.1, 0.15) is 62.6 Å². The Balaban J connectivity index is 1.72. The first-order chi connectivity index (χ1) is 13.0. The van der Waals surface area contributed by atoms with Crippen LogP contribution in [0, 0.1) is 19.8 Å². The van der Waals surface area contributed by atoms with Crippen LogP contribution in [0.15, 0.2) is 28.2 Å². The molecule has 0 amide bonds. The summed E-state index contributed by atoms with van der Waals surface area (Å²) in [6.07, 6.45) is 6.69. The van der Waals surface area contributed by atoms with Gasteiger partial charge in [0, 0.05) is 30.1 Å². The summed E-state index contributed by atoms with van der Waals surface area (Å²) in [7, 11) is 0. The van der Waals surface area contributed by atoms with Crippen molar-refractivity contribution in [1.29, 1.82) is 0 Å². The van der Waals surface area contributed by atoms with Crippen molar-refractivity contribution in [2.45, 2.75) is 77.4 Å². The molecule has 4 heteroatoms. The standard InChI is InChI=1S/C23H31N3S/c1-15(2)13-24-23-26(20-8-6-5-7-9-20)14-19-12-18-10-16(3)17(4)11-21(18)25-22(19)27-23/h10-12,15,20H,5-9,13-14H2,1-4H3. The average Bonchev–Trinajstić information content (AvgIpc) is 2.66. The predicted octanol–water partition coefficient (Wildman–Crippen LogP) is 6.10. The molecule has 1 aliphatic carbocycles. The molecule has 1 saturated carbocycles. The number of amidine groups is 1. The fraction of sp³-hybridized carbons (Fsp3) is 0.565. The van der Waals surface area contributed by atoms with Crippen LogP contribution in [0.4, 0.5) is 0 Å². The minimum Gasteiger partial charge on any atom is -0.344 e. The Kier molecular flexibility index (Phi) is 5.45. The van der Waals surface area contributed by atoms with Gasteiger partial charge in [-0.05, 0) is 73.7 Å². The van der Waals surface area contributed by atoms with Gasteiger partial charge >= 0.3 is 0 Å². The van der Waals surface area contributed by atoms with E-state index in [0.29, 0.717) is 12.0 Å². The average molecular weight is 382 g/mol. The van der Waals surface area contributed by atoms with Crippen molar-refractivity contribution < 1.29 is 0 Å². The van der Waals surface area contributed by atoms with Crippen LogP contribution in [0.25, 0.3) is 10.9 Å². The maximum atomic E-state index is 5.03. The van der Waals surface area contributed by atoms with E-state index in [9.17, 15) is 0 Å². The summed E-state index contributed by atoms with van der Waals surface area (Å²) >= 11 is 1.79. The number of nitrogens with zero attached hydrogens (tertiary/aromatic N) is 3. The van der Waals surface area contributed by atoms with Crippen LogP contribution >= 0.6 is 11.8 Å². The molecular formula is C23H31N3S. The summed E-state index contributed by atoms with van der Waals surface area (Å²) in [4.78, 5) is 12.6. The fourth-order valence-corrected chi connectivity index (χ4v) is 5.17. The SMILES string of the molecule is Cc1cc2cc3c(nc2cc1C)SC(=NCC(C)C)N(C1CCCCC1)C3. The molecule has 3 nitrogen and oxygen atoms in total. The van der Waals surface area contributed by atoms with Crippen molar-refractivity contribution in [1.82, 2.24) is 9.88 Å². The molecule has 4 rings (SSSR count). The first-order valence-electron chi connectivity index (χ1n) is 10.4. The Labute approximate surface area is 167 Å². The van der Waals surface area contributed by atoms with Gasteiger partial charge in [0.05, 0.1) is 5.52 Å². The number of pyridine rings is 1. The number of hydrogen-bond acceptors (Lipinski definition) is 3. The Morgan fingerprint density at radius 2 is 1.85 bits per heavy atom. The molecule has 2 aromatic rings. The lowest BCUT2D eigenvalue weighted by Gasteiger charge is -2.39. The van der Waals surface area contributed by atoms with E-state index in [4.69, 9.17) is 9.98 Å². The van der Waals surface area contributed by atoms with Crippen molar-refractivity contribution in [3.8, 4) is 0 Å². The minimum atomic E-state index is 0.586. The van der Waals surface area contributed by atoms with E-state index in [2.05, 4.69) is 50.8 Å². The molecule has 0 spiro atoms. The molecule has 0 atom stereocenters. The highest BCUT2D eigenvalue weighted by atomic mass is 32.2. The van der Waals surface area contributed by atoms with Gasteiger partial charge in [-0.2, -0.15) is 0 Å².